The fourth-order valence-electron chi connectivity index (χ4n) is 1.97. The van der Waals surface area contributed by atoms with E-state index in [0.29, 0.717) is 0 Å². The van der Waals surface area contributed by atoms with Gasteiger partial charge in [0.05, 0.1) is 10.0 Å². The Bertz CT molecular complexity index is 1230. The molecule has 0 unspecified atom stereocenters. The van der Waals surface area contributed by atoms with Crippen molar-refractivity contribution in [2.24, 2.45) is 10.9 Å². The van der Waals surface area contributed by atoms with Gasteiger partial charge in [-0.05, 0) is 12.1 Å². The van der Waals surface area contributed by atoms with E-state index in [2.05, 4.69) is 29.8 Å². The van der Waals surface area contributed by atoms with Crippen LogP contribution in [0.4, 0.5) is 13.2 Å². The Kier molecular flexibility index (Phi) is 7.73. The number of hydrogen-bond acceptors (Lipinski definition) is 9. The summed E-state index contributed by atoms with van der Waals surface area (Å²) >= 11 is 11.2. The number of halogens is 5. The van der Waals surface area contributed by atoms with Crippen molar-refractivity contribution in [3.63, 3.8) is 0 Å². The minimum Gasteiger partial charge on any atom is -0.476 e. The first-order chi connectivity index (χ1) is 15.3. The summed E-state index contributed by atoms with van der Waals surface area (Å²) in [5, 5.41) is 31.1. The minimum absolute atomic E-state index is 0.00856. The molecule has 0 saturated heterocycles. The lowest BCUT2D eigenvalue weighted by Crippen LogP contribution is -2.14. The van der Waals surface area contributed by atoms with Gasteiger partial charge in [-0.15, -0.1) is 0 Å². The Hall–Kier alpha value is -3.98. The molecule has 0 spiro atoms. The predicted octanol–water partition coefficient (Wildman–Crippen LogP) is 3.03. The molecule has 0 fully saturated rings. The van der Waals surface area contributed by atoms with E-state index in [1.807, 2.05) is 0 Å². The Balaban J connectivity index is 0.000000245. The molecule has 0 aliphatic heterocycles. The highest BCUT2D eigenvalue weighted by Crippen LogP contribution is 2.30. The van der Waals surface area contributed by atoms with Crippen molar-refractivity contribution in [2.45, 2.75) is 6.18 Å². The Morgan fingerprint density at radius 3 is 2.00 bits per heavy atom. The highest BCUT2D eigenvalue weighted by Gasteiger charge is 2.38. The predicted molar refractivity (Wildman–Crippen MR) is 103 cm³/mol. The number of alkyl halides is 3. The maximum Gasteiger partial charge on any atom is 0.471 e. The van der Waals surface area contributed by atoms with Crippen LogP contribution in [0.3, 0.4) is 0 Å². The van der Waals surface area contributed by atoms with Gasteiger partial charge in [-0.25, -0.2) is 19.6 Å². The second-order valence-electron chi connectivity index (χ2n) is 5.63. The summed E-state index contributed by atoms with van der Waals surface area (Å²) in [4.78, 5) is 31.3. The number of aromatic nitrogens is 4. The number of carbonyl (C=O) groups is 2. The van der Waals surface area contributed by atoms with Crippen LogP contribution in [0.25, 0.3) is 11.4 Å². The molecule has 3 rings (SSSR count). The van der Waals surface area contributed by atoms with E-state index in [4.69, 9.17) is 44.4 Å². The first kappa shape index (κ1) is 25.3. The van der Waals surface area contributed by atoms with Gasteiger partial charge in [0.25, 0.3) is 0 Å². The number of oxime groups is 1. The topological polar surface area (TPSA) is 198 Å². The van der Waals surface area contributed by atoms with Gasteiger partial charge in [0, 0.05) is 23.5 Å². The number of hydrogen-bond donors (Lipinski definition) is 4. The average Bonchev–Trinajstić information content (AvgIpc) is 3.24. The molecule has 0 amide bonds. The minimum atomic E-state index is -4.76. The van der Waals surface area contributed by atoms with Gasteiger partial charge in [-0.2, -0.15) is 18.2 Å². The molecule has 0 bridgehead atoms. The van der Waals surface area contributed by atoms with Crippen LogP contribution in [0.15, 0.2) is 34.2 Å². The molecular formula is C16H9Cl2F3N6O6. The molecule has 3 heterocycles. The smallest absolute Gasteiger partial charge is 0.471 e. The summed E-state index contributed by atoms with van der Waals surface area (Å²) in [7, 11) is 0. The molecular weight excluding hydrogens is 500 g/mol. The van der Waals surface area contributed by atoms with Crippen LogP contribution in [0.1, 0.15) is 32.4 Å². The van der Waals surface area contributed by atoms with Crippen LogP contribution in [0, 0.1) is 0 Å². The van der Waals surface area contributed by atoms with Gasteiger partial charge >= 0.3 is 24.0 Å². The van der Waals surface area contributed by atoms with E-state index in [0.717, 1.165) is 18.5 Å². The van der Waals surface area contributed by atoms with Crippen LogP contribution in [-0.4, -0.2) is 53.3 Å². The molecule has 0 saturated carbocycles. The molecule has 3 aromatic rings. The van der Waals surface area contributed by atoms with Gasteiger partial charge in [0.1, 0.15) is 0 Å². The second kappa shape index (κ2) is 10.1. The molecule has 0 aromatic carbocycles. The highest BCUT2D eigenvalue weighted by atomic mass is 35.5. The summed E-state index contributed by atoms with van der Waals surface area (Å²) < 4.78 is 40.8. The van der Waals surface area contributed by atoms with E-state index in [1.54, 1.807) is 0 Å². The molecule has 33 heavy (non-hydrogen) atoms. The maximum absolute atomic E-state index is 12.3. The summed E-state index contributed by atoms with van der Waals surface area (Å²) in [6.07, 6.45) is -2.62. The van der Waals surface area contributed by atoms with E-state index < -0.39 is 35.5 Å². The SMILES string of the molecule is NC(=NO)c1cnc(C(=O)O)c(Cl)c1.O=C(O)c1ncc(-c2noc(C(F)(F)F)n2)cc1Cl. The first-order valence-corrected chi connectivity index (χ1v) is 8.77. The normalized spacial score (nSPS) is 11.5. The maximum atomic E-state index is 12.3. The van der Waals surface area contributed by atoms with Crippen LogP contribution in [0.2, 0.25) is 10.0 Å². The number of nitrogens with two attached hydrogens (primary N) is 1. The third kappa shape index (κ3) is 6.27. The first-order valence-electron chi connectivity index (χ1n) is 8.02. The third-order valence-electron chi connectivity index (χ3n) is 3.42. The largest absolute Gasteiger partial charge is 0.476 e. The number of rotatable bonds is 4. The molecule has 174 valence electrons. The number of carboxylic acids is 2. The van der Waals surface area contributed by atoms with E-state index in [9.17, 15) is 22.8 Å². The molecule has 0 aliphatic carbocycles. The number of carboxylic acid groups (broad SMARTS) is 2. The number of nitrogens with zero attached hydrogens (tertiary/aromatic N) is 5. The Morgan fingerprint density at radius 1 is 1.03 bits per heavy atom. The zero-order valence-electron chi connectivity index (χ0n) is 15.6. The van der Waals surface area contributed by atoms with E-state index >= 15 is 0 Å². The zero-order valence-corrected chi connectivity index (χ0v) is 17.1. The van der Waals surface area contributed by atoms with Crippen molar-refractivity contribution in [1.29, 1.82) is 0 Å². The average molecular weight is 509 g/mol. The number of pyridine rings is 2. The van der Waals surface area contributed by atoms with E-state index in [1.165, 1.54) is 6.07 Å². The van der Waals surface area contributed by atoms with Crippen LogP contribution in [0.5, 0.6) is 0 Å². The molecule has 17 heteroatoms. The van der Waals surface area contributed by atoms with Crippen LogP contribution in [-0.2, 0) is 6.18 Å². The summed E-state index contributed by atoms with van der Waals surface area (Å²) in [6, 6.07) is 2.34. The lowest BCUT2D eigenvalue weighted by Gasteiger charge is -2.00. The summed E-state index contributed by atoms with van der Waals surface area (Å²) in [6.45, 7) is 0. The van der Waals surface area contributed by atoms with Crippen molar-refractivity contribution in [3.8, 4) is 11.4 Å². The summed E-state index contributed by atoms with van der Waals surface area (Å²) in [5.74, 6) is -4.68. The quantitative estimate of drug-likeness (QED) is 0.175. The lowest BCUT2D eigenvalue weighted by atomic mass is 10.2. The van der Waals surface area contributed by atoms with E-state index in [-0.39, 0.29) is 32.7 Å². The van der Waals surface area contributed by atoms with Gasteiger partial charge in [0.2, 0.25) is 5.82 Å². The van der Waals surface area contributed by atoms with Crippen molar-refractivity contribution in [2.75, 3.05) is 0 Å². The third-order valence-corrected chi connectivity index (χ3v) is 3.99. The lowest BCUT2D eigenvalue weighted by molar-refractivity contribution is -0.159. The Morgan fingerprint density at radius 2 is 1.58 bits per heavy atom. The second-order valence-corrected chi connectivity index (χ2v) is 6.44. The van der Waals surface area contributed by atoms with Gasteiger partial charge in [-0.3, -0.25) is 0 Å². The molecule has 0 radical (unpaired) electrons. The van der Waals surface area contributed by atoms with Crippen LogP contribution < -0.4 is 5.73 Å². The van der Waals surface area contributed by atoms with Crippen molar-refractivity contribution < 1.29 is 42.7 Å². The van der Waals surface area contributed by atoms with Crippen molar-refractivity contribution >= 4 is 41.0 Å². The van der Waals surface area contributed by atoms with Crippen molar-refractivity contribution in [1.82, 2.24) is 20.1 Å². The number of amidine groups is 1. The van der Waals surface area contributed by atoms with Gasteiger partial charge in [0.15, 0.2) is 17.2 Å². The fraction of sp³-hybridized carbons (Fsp3) is 0.0625. The molecule has 3 aromatic heterocycles. The number of aromatic carboxylic acids is 2. The monoisotopic (exact) mass is 508 g/mol. The zero-order chi connectivity index (χ0) is 24.9. The fourth-order valence-corrected chi connectivity index (χ4v) is 2.46. The van der Waals surface area contributed by atoms with Gasteiger partial charge < -0.3 is 25.7 Å². The standard InChI is InChI=1S/C9H3ClF3N3O3.C7H6ClN3O3/c10-4-1-3(2-14-5(4)7(17)18)6-15-8(19-16-6)9(11,12)13;8-4-1-3(6(9)11-14)2-10-5(4)7(12)13/h1-2H,(H,17,18);1-2,14H,(H2,9,11)(H,12,13). The molecule has 5 N–H and O–H groups in total. The summed E-state index contributed by atoms with van der Waals surface area (Å²) in [5.41, 5.74) is 4.80. The molecule has 0 atom stereocenters. The Labute approximate surface area is 190 Å². The van der Waals surface area contributed by atoms with Crippen LogP contribution >= 0.6 is 23.2 Å². The van der Waals surface area contributed by atoms with Gasteiger partial charge in [-0.1, -0.05) is 33.5 Å². The molecule has 12 nitrogen and oxygen atoms in total. The molecule has 0 aliphatic rings. The van der Waals surface area contributed by atoms with Crippen molar-refractivity contribution in [3.05, 3.63) is 57.4 Å². The highest BCUT2D eigenvalue weighted by molar-refractivity contribution is 6.33.